The number of rotatable bonds is 8. The first-order valence-electron chi connectivity index (χ1n) is 10.1. The summed E-state index contributed by atoms with van der Waals surface area (Å²) in [4.78, 5) is 15.6. The van der Waals surface area contributed by atoms with E-state index < -0.39 is 0 Å². The van der Waals surface area contributed by atoms with Crippen molar-refractivity contribution in [2.45, 2.75) is 57.9 Å². The van der Waals surface area contributed by atoms with Crippen LogP contribution in [0.1, 0.15) is 55.0 Å². The number of thiazole rings is 1. The molecular weight excluding hydrogens is 386 g/mol. The van der Waals surface area contributed by atoms with Crippen LogP contribution in [-0.4, -0.2) is 48.1 Å². The van der Waals surface area contributed by atoms with Crippen LogP contribution in [0.25, 0.3) is 0 Å². The predicted molar refractivity (Wildman–Crippen MR) is 116 cm³/mol. The van der Waals surface area contributed by atoms with E-state index in [9.17, 15) is 0 Å². The fourth-order valence-corrected chi connectivity index (χ4v) is 4.23. The number of methoxy groups -OCH3 is 1. The molecule has 1 fully saturated rings. The lowest BCUT2D eigenvalue weighted by Gasteiger charge is -2.22. The molecule has 2 aromatic rings. The molecule has 1 saturated carbocycles. The Morgan fingerprint density at radius 1 is 1.41 bits per heavy atom. The van der Waals surface area contributed by atoms with Gasteiger partial charge in [-0.2, -0.15) is 0 Å². The van der Waals surface area contributed by atoms with E-state index in [1.165, 1.54) is 12.8 Å². The predicted octanol–water partition coefficient (Wildman–Crippen LogP) is 3.77. The number of ether oxygens (including phenoxy) is 2. The molecule has 0 spiro atoms. The van der Waals surface area contributed by atoms with Gasteiger partial charge < -0.3 is 19.7 Å². The maximum Gasteiger partial charge on any atom is 0.218 e. The van der Waals surface area contributed by atoms with Crippen molar-refractivity contribution in [2.75, 3.05) is 21.2 Å². The van der Waals surface area contributed by atoms with Gasteiger partial charge in [0, 0.05) is 44.9 Å². The third-order valence-corrected chi connectivity index (χ3v) is 6.17. The number of pyridine rings is 1. The maximum absolute atomic E-state index is 6.14. The number of aromatic nitrogens is 2. The Morgan fingerprint density at radius 2 is 2.21 bits per heavy atom. The number of nitrogens with one attached hydrogen (secondary N) is 1. The summed E-state index contributed by atoms with van der Waals surface area (Å²) in [5.41, 5.74) is 2.05. The molecule has 29 heavy (non-hydrogen) atoms. The lowest BCUT2D eigenvalue weighted by molar-refractivity contribution is 0.119. The summed E-state index contributed by atoms with van der Waals surface area (Å²) in [6.07, 6.45) is 6.80. The first kappa shape index (κ1) is 21.5. The van der Waals surface area contributed by atoms with E-state index in [2.05, 4.69) is 36.6 Å². The van der Waals surface area contributed by atoms with Gasteiger partial charge in [-0.05, 0) is 38.7 Å². The van der Waals surface area contributed by atoms with Gasteiger partial charge >= 0.3 is 0 Å². The van der Waals surface area contributed by atoms with E-state index in [0.29, 0.717) is 19.2 Å². The minimum atomic E-state index is 0.0142. The van der Waals surface area contributed by atoms with Crippen molar-refractivity contribution < 1.29 is 9.47 Å². The van der Waals surface area contributed by atoms with Crippen LogP contribution in [0.15, 0.2) is 28.7 Å². The highest BCUT2D eigenvalue weighted by atomic mass is 32.1. The summed E-state index contributed by atoms with van der Waals surface area (Å²) >= 11 is 1.62. The minimum absolute atomic E-state index is 0.0142. The number of hydrogen-bond acceptors (Lipinski definition) is 6. The molecule has 1 N–H and O–H groups in total. The fraction of sp³-hybridized carbons (Fsp3) is 0.571. The Balaban J connectivity index is 1.58. The summed E-state index contributed by atoms with van der Waals surface area (Å²) in [7, 11) is 5.50. The molecule has 0 saturated heterocycles. The zero-order chi connectivity index (χ0) is 20.6. The Hall–Kier alpha value is -2.19. The second-order valence-electron chi connectivity index (χ2n) is 7.30. The molecule has 1 aliphatic carbocycles. The molecule has 2 aromatic heterocycles. The van der Waals surface area contributed by atoms with Crippen LogP contribution in [-0.2, 0) is 17.8 Å². The second kappa shape index (κ2) is 10.5. The minimum Gasteiger partial charge on any atom is -0.474 e. The Morgan fingerprint density at radius 3 is 2.93 bits per heavy atom. The lowest BCUT2D eigenvalue weighted by atomic mass is 10.2. The van der Waals surface area contributed by atoms with Gasteiger partial charge in [0.25, 0.3) is 0 Å². The Bertz CT molecular complexity index is 804. The molecule has 158 valence electrons. The molecular formula is C21H31N5O2S. The van der Waals surface area contributed by atoms with E-state index >= 15 is 0 Å². The van der Waals surface area contributed by atoms with Crippen LogP contribution in [0.5, 0.6) is 5.88 Å². The monoisotopic (exact) mass is 417 g/mol. The average Bonchev–Trinajstić information content (AvgIpc) is 3.41. The molecule has 0 bridgehead atoms. The van der Waals surface area contributed by atoms with E-state index in [0.717, 1.165) is 40.9 Å². The lowest BCUT2D eigenvalue weighted by Crippen LogP contribution is -2.38. The molecule has 3 rings (SSSR count). The van der Waals surface area contributed by atoms with E-state index in [4.69, 9.17) is 9.47 Å². The number of aliphatic imine (C=N–C) groups is 1. The van der Waals surface area contributed by atoms with Gasteiger partial charge in [0.05, 0.1) is 12.2 Å². The second-order valence-corrected chi connectivity index (χ2v) is 8.19. The summed E-state index contributed by atoms with van der Waals surface area (Å²) < 4.78 is 11.5. The highest BCUT2D eigenvalue weighted by molar-refractivity contribution is 7.09. The summed E-state index contributed by atoms with van der Waals surface area (Å²) in [5.74, 6) is 1.53. The van der Waals surface area contributed by atoms with Crippen molar-refractivity contribution in [2.24, 2.45) is 4.99 Å². The number of guanidine groups is 1. The smallest absolute Gasteiger partial charge is 0.218 e. The van der Waals surface area contributed by atoms with Crippen molar-refractivity contribution in [3.05, 3.63) is 40.0 Å². The molecule has 0 aliphatic heterocycles. The zero-order valence-corrected chi connectivity index (χ0v) is 18.5. The van der Waals surface area contributed by atoms with Crippen LogP contribution in [0.3, 0.4) is 0 Å². The number of nitrogens with zero attached hydrogens (tertiary/aromatic N) is 4. The third kappa shape index (κ3) is 5.90. The zero-order valence-electron chi connectivity index (χ0n) is 17.7. The molecule has 2 heterocycles. The van der Waals surface area contributed by atoms with Crippen LogP contribution < -0.4 is 10.1 Å². The topological polar surface area (TPSA) is 71.9 Å². The van der Waals surface area contributed by atoms with Crippen LogP contribution in [0.4, 0.5) is 0 Å². The third-order valence-electron chi connectivity index (χ3n) is 5.11. The van der Waals surface area contributed by atoms with Crippen LogP contribution in [0.2, 0.25) is 0 Å². The first-order chi connectivity index (χ1) is 14.1. The van der Waals surface area contributed by atoms with Gasteiger partial charge in [0.15, 0.2) is 5.96 Å². The fourth-order valence-electron chi connectivity index (χ4n) is 3.39. The highest BCUT2D eigenvalue weighted by Gasteiger charge is 2.19. The van der Waals surface area contributed by atoms with Crippen molar-refractivity contribution in [3.63, 3.8) is 0 Å². The summed E-state index contributed by atoms with van der Waals surface area (Å²) in [6.45, 7) is 3.28. The van der Waals surface area contributed by atoms with E-state index in [-0.39, 0.29) is 6.10 Å². The molecule has 0 radical (unpaired) electrons. The standard InChI is InChI=1S/C21H31N5O2S/c1-15(27-4)20-25-17(14-29-20)13-26(3)21(22-2)24-12-16-8-7-11-23-19(16)28-18-9-5-6-10-18/h7-8,11,14-15,18H,5-6,9-10,12-13H2,1-4H3,(H,22,24). The molecule has 1 unspecified atom stereocenters. The van der Waals surface area contributed by atoms with Gasteiger partial charge in [-0.25, -0.2) is 9.97 Å². The molecule has 7 nitrogen and oxygen atoms in total. The normalized spacial score (nSPS) is 16.1. The van der Waals surface area contributed by atoms with Crippen molar-refractivity contribution in [3.8, 4) is 5.88 Å². The largest absolute Gasteiger partial charge is 0.474 e. The van der Waals surface area contributed by atoms with Crippen molar-refractivity contribution in [1.29, 1.82) is 0 Å². The SMILES string of the molecule is CN=C(NCc1cccnc1OC1CCCC1)N(C)Cc1csc(C(C)OC)n1. The van der Waals surface area contributed by atoms with Gasteiger partial charge in [0.1, 0.15) is 17.2 Å². The van der Waals surface area contributed by atoms with Gasteiger partial charge in [-0.3, -0.25) is 4.99 Å². The molecule has 1 aliphatic rings. The highest BCUT2D eigenvalue weighted by Crippen LogP contribution is 2.25. The Labute approximate surface area is 177 Å². The van der Waals surface area contributed by atoms with Crippen LogP contribution in [0, 0.1) is 0 Å². The summed E-state index contributed by atoms with van der Waals surface area (Å²) in [6, 6.07) is 4.00. The van der Waals surface area contributed by atoms with Gasteiger partial charge in [-0.15, -0.1) is 11.3 Å². The van der Waals surface area contributed by atoms with Gasteiger partial charge in [-0.1, -0.05) is 6.07 Å². The maximum atomic E-state index is 6.14. The molecule has 0 aromatic carbocycles. The molecule has 8 heteroatoms. The number of hydrogen-bond donors (Lipinski definition) is 1. The quantitative estimate of drug-likeness (QED) is 0.521. The first-order valence-corrected chi connectivity index (χ1v) is 11.0. The van der Waals surface area contributed by atoms with E-state index in [1.807, 2.05) is 20.0 Å². The Kier molecular flexibility index (Phi) is 7.83. The van der Waals surface area contributed by atoms with Gasteiger partial charge in [0.2, 0.25) is 5.88 Å². The molecule has 0 amide bonds. The average molecular weight is 418 g/mol. The summed E-state index contributed by atoms with van der Waals surface area (Å²) in [5, 5.41) is 6.48. The van der Waals surface area contributed by atoms with Crippen LogP contribution >= 0.6 is 11.3 Å². The van der Waals surface area contributed by atoms with E-state index in [1.54, 1.807) is 31.7 Å². The van der Waals surface area contributed by atoms with Crippen molar-refractivity contribution >= 4 is 17.3 Å². The molecule has 1 atom stereocenters. The van der Waals surface area contributed by atoms with Crippen molar-refractivity contribution in [1.82, 2.24) is 20.2 Å².